The minimum atomic E-state index is -1.28. The summed E-state index contributed by atoms with van der Waals surface area (Å²) >= 11 is 0. The molecule has 2 heterocycles. The minimum absolute atomic E-state index is 0.00917. The van der Waals surface area contributed by atoms with E-state index in [-0.39, 0.29) is 29.2 Å². The van der Waals surface area contributed by atoms with Crippen LogP contribution in [0.1, 0.15) is 48.0 Å². The Kier molecular flexibility index (Phi) is 6.56. The lowest BCUT2D eigenvalue weighted by Gasteiger charge is -2.45. The summed E-state index contributed by atoms with van der Waals surface area (Å²) in [5.74, 6) is -1.21. The molecular weight excluding hydrogens is 413 g/mol. The molecule has 4 rings (SSSR count). The van der Waals surface area contributed by atoms with E-state index >= 15 is 0 Å². The number of aromatic carboxylic acids is 1. The standard InChI is InChI=1S/C21H30BN5O5/c23-21(24)25-14-10-27(11-14)15-6-4-12(5-7-15)8-18(28)26-17-9-13-2-1-3-16(20(29)30)19(13)32-22(17)31/h1-3,12,14-15,17,31H,4-11H2,(H,26,28)(H,29,30)(H4,23,24,25)/t12?,15?,17-/m0/s1. The molecule has 1 aliphatic carbocycles. The predicted molar refractivity (Wildman–Crippen MR) is 119 cm³/mol. The third-order valence-electron chi connectivity index (χ3n) is 6.72. The van der Waals surface area contributed by atoms with Gasteiger partial charge in [0.15, 0.2) is 5.96 Å². The molecule has 0 spiro atoms. The molecule has 172 valence electrons. The normalized spacial score (nSPS) is 25.8. The number of para-hydroxylation sites is 1. The number of carbonyl (C=O) groups is 2. The number of aliphatic imine (C=N–C) groups is 1. The zero-order valence-corrected chi connectivity index (χ0v) is 17.9. The van der Waals surface area contributed by atoms with E-state index in [9.17, 15) is 19.7 Å². The number of nitrogens with one attached hydrogen (secondary N) is 1. The number of carboxylic acids is 1. The van der Waals surface area contributed by atoms with Crippen molar-refractivity contribution in [2.45, 2.75) is 56.5 Å². The number of fused-ring (bicyclic) bond motifs is 1. The van der Waals surface area contributed by atoms with Crippen molar-refractivity contribution in [2.75, 3.05) is 13.1 Å². The first-order valence-corrected chi connectivity index (χ1v) is 11.1. The first-order valence-electron chi connectivity index (χ1n) is 11.1. The number of guanidine groups is 1. The first-order chi connectivity index (χ1) is 15.3. The number of amides is 1. The van der Waals surface area contributed by atoms with Gasteiger partial charge in [0.25, 0.3) is 0 Å². The van der Waals surface area contributed by atoms with Crippen LogP contribution >= 0.6 is 0 Å². The van der Waals surface area contributed by atoms with Crippen molar-refractivity contribution >= 4 is 25.0 Å². The largest absolute Gasteiger partial charge is 0.547 e. The molecule has 2 aliphatic heterocycles. The number of nitrogens with two attached hydrogens (primary N) is 2. The average molecular weight is 443 g/mol. The average Bonchev–Trinajstić information content (AvgIpc) is 2.71. The number of rotatable bonds is 6. The molecule has 1 saturated heterocycles. The van der Waals surface area contributed by atoms with Gasteiger partial charge < -0.3 is 31.6 Å². The summed E-state index contributed by atoms with van der Waals surface area (Å²) in [5, 5.41) is 22.5. The van der Waals surface area contributed by atoms with Crippen molar-refractivity contribution in [3.8, 4) is 5.75 Å². The molecule has 1 aromatic rings. The molecule has 2 fully saturated rings. The molecule has 11 heteroatoms. The van der Waals surface area contributed by atoms with Crippen LogP contribution < -0.4 is 21.4 Å². The summed E-state index contributed by atoms with van der Waals surface area (Å²) in [6.07, 6.45) is 4.79. The molecule has 0 unspecified atom stereocenters. The Balaban J connectivity index is 1.23. The molecule has 3 aliphatic rings. The summed E-state index contributed by atoms with van der Waals surface area (Å²) in [7, 11) is -1.28. The first kappa shape index (κ1) is 22.4. The van der Waals surface area contributed by atoms with Gasteiger partial charge in [0.05, 0.1) is 17.5 Å². The van der Waals surface area contributed by atoms with Crippen LogP contribution in [0.5, 0.6) is 5.75 Å². The molecule has 1 atom stereocenters. The number of carboxylic acid groups (broad SMARTS) is 1. The zero-order chi connectivity index (χ0) is 22.8. The van der Waals surface area contributed by atoms with Crippen LogP contribution in [0.2, 0.25) is 0 Å². The highest BCUT2D eigenvalue weighted by atomic mass is 16.5. The maximum absolute atomic E-state index is 12.6. The smallest absolute Gasteiger partial charge is 0.534 e. The minimum Gasteiger partial charge on any atom is -0.534 e. The highest BCUT2D eigenvalue weighted by molar-refractivity contribution is 6.47. The molecule has 1 amide bonds. The number of hydrogen-bond donors (Lipinski definition) is 5. The van der Waals surface area contributed by atoms with Crippen molar-refractivity contribution in [2.24, 2.45) is 22.4 Å². The number of likely N-dealkylation sites (tertiary alicyclic amines) is 1. The zero-order valence-electron chi connectivity index (χ0n) is 17.9. The van der Waals surface area contributed by atoms with E-state index in [1.165, 1.54) is 6.07 Å². The van der Waals surface area contributed by atoms with E-state index in [0.717, 1.165) is 38.8 Å². The van der Waals surface area contributed by atoms with Crippen molar-refractivity contribution in [1.82, 2.24) is 10.2 Å². The van der Waals surface area contributed by atoms with Crippen LogP contribution in [0.15, 0.2) is 23.2 Å². The SMILES string of the molecule is NC(N)=NC1CN(C2CCC(CC(=O)N[C@H]3Cc4cccc(C(=O)O)c4OB3O)CC2)C1. The third-order valence-corrected chi connectivity index (χ3v) is 6.72. The Labute approximate surface area is 187 Å². The van der Waals surface area contributed by atoms with Gasteiger partial charge in [-0.2, -0.15) is 0 Å². The van der Waals surface area contributed by atoms with Crippen LogP contribution in [0.3, 0.4) is 0 Å². The summed E-state index contributed by atoms with van der Waals surface area (Å²) in [5.41, 5.74) is 11.5. The van der Waals surface area contributed by atoms with Gasteiger partial charge in [0.1, 0.15) is 5.75 Å². The number of nitrogens with zero attached hydrogens (tertiary/aromatic N) is 2. The maximum atomic E-state index is 12.6. The molecule has 1 aromatic carbocycles. The Hall–Kier alpha value is -2.79. The van der Waals surface area contributed by atoms with Gasteiger partial charge in [-0.05, 0) is 49.7 Å². The van der Waals surface area contributed by atoms with Crippen molar-refractivity contribution in [3.05, 3.63) is 29.3 Å². The van der Waals surface area contributed by atoms with Gasteiger partial charge in [-0.15, -0.1) is 0 Å². The lowest BCUT2D eigenvalue weighted by atomic mass is 9.72. The highest BCUT2D eigenvalue weighted by Crippen LogP contribution is 2.33. The fourth-order valence-corrected chi connectivity index (χ4v) is 5.04. The van der Waals surface area contributed by atoms with E-state index < -0.39 is 19.0 Å². The lowest BCUT2D eigenvalue weighted by molar-refractivity contribution is -0.122. The quantitative estimate of drug-likeness (QED) is 0.228. The molecule has 0 radical (unpaired) electrons. The summed E-state index contributed by atoms with van der Waals surface area (Å²) in [6, 6.07) is 5.54. The molecule has 10 nitrogen and oxygen atoms in total. The topological polar surface area (TPSA) is 163 Å². The second-order valence-corrected chi connectivity index (χ2v) is 9.03. The van der Waals surface area contributed by atoms with E-state index in [0.29, 0.717) is 30.4 Å². The lowest BCUT2D eigenvalue weighted by Crippen LogP contribution is -2.56. The Morgan fingerprint density at radius 3 is 2.59 bits per heavy atom. The van der Waals surface area contributed by atoms with Crippen LogP contribution in [0.4, 0.5) is 0 Å². The number of carbonyl (C=O) groups excluding carboxylic acids is 1. The van der Waals surface area contributed by atoms with E-state index in [2.05, 4.69) is 15.2 Å². The predicted octanol–water partition coefficient (Wildman–Crippen LogP) is -0.269. The van der Waals surface area contributed by atoms with E-state index in [1.54, 1.807) is 12.1 Å². The van der Waals surface area contributed by atoms with Gasteiger partial charge in [-0.1, -0.05) is 12.1 Å². The van der Waals surface area contributed by atoms with Gasteiger partial charge in [-0.3, -0.25) is 9.69 Å². The number of hydrogen-bond acceptors (Lipinski definition) is 6. The van der Waals surface area contributed by atoms with Crippen molar-refractivity contribution in [1.29, 1.82) is 0 Å². The second-order valence-electron chi connectivity index (χ2n) is 9.03. The van der Waals surface area contributed by atoms with Crippen LogP contribution in [-0.2, 0) is 11.2 Å². The Morgan fingerprint density at radius 2 is 1.94 bits per heavy atom. The Bertz CT molecular complexity index is 895. The fourth-order valence-electron chi connectivity index (χ4n) is 5.04. The highest BCUT2D eigenvalue weighted by Gasteiger charge is 2.39. The molecule has 0 bridgehead atoms. The fraction of sp³-hybridized carbons (Fsp3) is 0.571. The Morgan fingerprint density at radius 1 is 1.22 bits per heavy atom. The van der Waals surface area contributed by atoms with Crippen LogP contribution in [-0.4, -0.2) is 71.1 Å². The van der Waals surface area contributed by atoms with Gasteiger partial charge in [-0.25, -0.2) is 9.79 Å². The summed E-state index contributed by atoms with van der Waals surface area (Å²) in [4.78, 5) is 30.6. The van der Waals surface area contributed by atoms with Gasteiger partial charge in [0, 0.05) is 25.6 Å². The third kappa shape index (κ3) is 4.99. The van der Waals surface area contributed by atoms with Crippen LogP contribution in [0.25, 0.3) is 0 Å². The van der Waals surface area contributed by atoms with Crippen molar-refractivity contribution < 1.29 is 24.4 Å². The van der Waals surface area contributed by atoms with E-state index in [1.807, 2.05) is 0 Å². The summed E-state index contributed by atoms with van der Waals surface area (Å²) in [6.45, 7) is 1.77. The summed E-state index contributed by atoms with van der Waals surface area (Å²) < 4.78 is 5.45. The van der Waals surface area contributed by atoms with Crippen LogP contribution in [0, 0.1) is 5.92 Å². The van der Waals surface area contributed by atoms with Gasteiger partial charge >= 0.3 is 13.1 Å². The second kappa shape index (κ2) is 9.37. The van der Waals surface area contributed by atoms with Gasteiger partial charge in [0.2, 0.25) is 5.91 Å². The number of benzene rings is 1. The molecule has 0 aromatic heterocycles. The monoisotopic (exact) mass is 443 g/mol. The molecule has 1 saturated carbocycles. The van der Waals surface area contributed by atoms with E-state index in [4.69, 9.17) is 16.1 Å². The maximum Gasteiger partial charge on any atom is 0.547 e. The molecule has 32 heavy (non-hydrogen) atoms. The molecular formula is C21H30BN5O5. The molecule has 7 N–H and O–H groups in total. The van der Waals surface area contributed by atoms with Crippen molar-refractivity contribution in [3.63, 3.8) is 0 Å².